The van der Waals surface area contributed by atoms with Crippen molar-refractivity contribution in [2.45, 2.75) is 62.3 Å². The Morgan fingerprint density at radius 1 is 1.21 bits per heavy atom. The van der Waals surface area contributed by atoms with E-state index in [0.29, 0.717) is 28.9 Å². The molecule has 2 aromatic heterocycles. The summed E-state index contributed by atoms with van der Waals surface area (Å²) in [5.74, 6) is 1.33. The first-order valence-corrected chi connectivity index (χ1v) is 10.7. The van der Waals surface area contributed by atoms with Crippen LogP contribution in [-0.4, -0.2) is 35.2 Å². The monoisotopic (exact) mass is 460 g/mol. The number of halogens is 2. The zero-order chi connectivity index (χ0) is 18.9. The van der Waals surface area contributed by atoms with E-state index in [2.05, 4.69) is 20.8 Å². The fourth-order valence-corrected chi connectivity index (χ4v) is 4.21. The Morgan fingerprint density at radius 2 is 1.97 bits per heavy atom. The van der Waals surface area contributed by atoms with Gasteiger partial charge in [-0.2, -0.15) is 0 Å². The smallest absolute Gasteiger partial charge is 0.254 e. The summed E-state index contributed by atoms with van der Waals surface area (Å²) in [4.78, 5) is 16.9. The van der Waals surface area contributed by atoms with Gasteiger partial charge in [0.2, 0.25) is 0 Å². The molecule has 1 aliphatic rings. The maximum atomic E-state index is 12.6. The second-order valence-electron chi connectivity index (χ2n) is 6.97. The summed E-state index contributed by atoms with van der Waals surface area (Å²) in [5.41, 5.74) is 1.46. The molecule has 2 N–H and O–H groups in total. The van der Waals surface area contributed by atoms with Gasteiger partial charge in [0.1, 0.15) is 10.8 Å². The van der Waals surface area contributed by atoms with E-state index < -0.39 is 0 Å². The lowest BCUT2D eigenvalue weighted by atomic mass is 10.1. The first kappa shape index (κ1) is 25.8. The van der Waals surface area contributed by atoms with Crippen LogP contribution < -0.4 is 10.6 Å². The van der Waals surface area contributed by atoms with Gasteiger partial charge in [0, 0.05) is 37.1 Å². The van der Waals surface area contributed by atoms with E-state index in [-0.39, 0.29) is 30.7 Å². The van der Waals surface area contributed by atoms with Crippen LogP contribution in [0, 0.1) is 6.92 Å². The zero-order valence-corrected chi connectivity index (χ0v) is 19.1. The summed E-state index contributed by atoms with van der Waals surface area (Å²) in [6, 6.07) is 6.11. The summed E-state index contributed by atoms with van der Waals surface area (Å²) in [7, 11) is 0. The van der Waals surface area contributed by atoms with Gasteiger partial charge in [-0.3, -0.25) is 4.79 Å². The maximum Gasteiger partial charge on any atom is 0.254 e. The topological polar surface area (TPSA) is 80.0 Å². The fourth-order valence-electron chi connectivity index (χ4n) is 3.34. The Balaban J connectivity index is 0.00000210. The molecule has 1 amide bonds. The number of carbonyl (C=O) groups is 1. The predicted octanol–water partition coefficient (Wildman–Crippen LogP) is 4.56. The van der Waals surface area contributed by atoms with E-state index in [1.165, 1.54) is 50.3 Å². The van der Waals surface area contributed by atoms with Gasteiger partial charge in [0.15, 0.2) is 0 Å². The first-order chi connectivity index (χ1) is 13.2. The van der Waals surface area contributed by atoms with Gasteiger partial charge in [0.25, 0.3) is 5.91 Å². The summed E-state index contributed by atoms with van der Waals surface area (Å²) in [6.45, 7) is 3.29. The SMILES string of the molecule is Cc1cc(CSc2ncccc2C(=O)NCCNC2CCCCCC2)no1.Cl.Cl. The Labute approximate surface area is 189 Å². The van der Waals surface area contributed by atoms with Crippen molar-refractivity contribution in [3.63, 3.8) is 0 Å². The molecule has 0 aliphatic heterocycles. The zero-order valence-electron chi connectivity index (χ0n) is 16.7. The third kappa shape index (κ3) is 8.54. The van der Waals surface area contributed by atoms with Crippen molar-refractivity contribution in [1.82, 2.24) is 20.8 Å². The van der Waals surface area contributed by atoms with Crippen molar-refractivity contribution in [2.75, 3.05) is 13.1 Å². The lowest BCUT2D eigenvalue weighted by molar-refractivity contribution is 0.0950. The molecule has 29 heavy (non-hydrogen) atoms. The number of aryl methyl sites for hydroxylation is 1. The molecule has 0 bridgehead atoms. The highest BCUT2D eigenvalue weighted by Gasteiger charge is 2.14. The normalized spacial score (nSPS) is 14.4. The highest BCUT2D eigenvalue weighted by atomic mass is 35.5. The van der Waals surface area contributed by atoms with Gasteiger partial charge >= 0.3 is 0 Å². The molecule has 1 saturated carbocycles. The highest BCUT2D eigenvalue weighted by Crippen LogP contribution is 2.24. The van der Waals surface area contributed by atoms with Crippen molar-refractivity contribution < 1.29 is 9.32 Å². The number of hydrogen-bond donors (Lipinski definition) is 2. The minimum atomic E-state index is -0.0791. The average Bonchev–Trinajstić information content (AvgIpc) is 2.93. The molecular formula is C20H30Cl2N4O2S. The van der Waals surface area contributed by atoms with Gasteiger partial charge in [-0.25, -0.2) is 4.98 Å². The highest BCUT2D eigenvalue weighted by molar-refractivity contribution is 7.98. The van der Waals surface area contributed by atoms with Gasteiger partial charge in [0.05, 0.1) is 11.3 Å². The molecule has 0 spiro atoms. The van der Waals surface area contributed by atoms with Gasteiger partial charge in [-0.05, 0) is 31.9 Å². The number of rotatable bonds is 8. The number of carbonyl (C=O) groups excluding carboxylic acids is 1. The summed E-state index contributed by atoms with van der Waals surface area (Å²) >= 11 is 1.50. The molecule has 9 heteroatoms. The molecular weight excluding hydrogens is 431 g/mol. The molecule has 0 radical (unpaired) electrons. The molecule has 0 atom stereocenters. The van der Waals surface area contributed by atoms with Crippen molar-refractivity contribution in [1.29, 1.82) is 0 Å². The van der Waals surface area contributed by atoms with Gasteiger partial charge < -0.3 is 15.2 Å². The van der Waals surface area contributed by atoms with Crippen LogP contribution in [0.4, 0.5) is 0 Å². The van der Waals surface area contributed by atoms with Gasteiger partial charge in [-0.1, -0.05) is 42.6 Å². The first-order valence-electron chi connectivity index (χ1n) is 9.74. The Kier molecular flexibility index (Phi) is 12.3. The van der Waals surface area contributed by atoms with Crippen molar-refractivity contribution >= 4 is 42.5 Å². The predicted molar refractivity (Wildman–Crippen MR) is 121 cm³/mol. The second kappa shape index (κ2) is 13.9. The minimum absolute atomic E-state index is 0. The van der Waals surface area contributed by atoms with Gasteiger partial charge in [-0.15, -0.1) is 24.8 Å². The average molecular weight is 461 g/mol. The van der Waals surface area contributed by atoms with Crippen LogP contribution in [0.2, 0.25) is 0 Å². The standard InChI is InChI=1S/C20H28N4O2S.2ClH/c1-15-13-17(24-26-15)14-27-20-18(9-6-10-23-20)19(25)22-12-11-21-16-7-4-2-3-5-8-16;;/h6,9-10,13,16,21H,2-5,7-8,11-12,14H2,1H3,(H,22,25);2*1H. The van der Waals surface area contributed by atoms with Crippen LogP contribution in [0.1, 0.15) is 60.3 Å². The molecule has 3 rings (SSSR count). The van der Waals surface area contributed by atoms with Crippen LogP contribution in [0.15, 0.2) is 33.9 Å². The van der Waals surface area contributed by atoms with E-state index in [1.807, 2.05) is 19.1 Å². The number of amides is 1. The lowest BCUT2D eigenvalue weighted by Gasteiger charge is -2.16. The molecule has 162 valence electrons. The molecule has 1 aliphatic carbocycles. The summed E-state index contributed by atoms with van der Waals surface area (Å²) in [6.07, 6.45) is 9.53. The Bertz CT molecular complexity index is 737. The Hall–Kier alpha value is -1.28. The van der Waals surface area contributed by atoms with E-state index in [9.17, 15) is 4.79 Å². The van der Waals surface area contributed by atoms with E-state index >= 15 is 0 Å². The Morgan fingerprint density at radius 3 is 2.66 bits per heavy atom. The largest absolute Gasteiger partial charge is 0.361 e. The molecule has 1 fully saturated rings. The maximum absolute atomic E-state index is 12.6. The summed E-state index contributed by atoms with van der Waals surface area (Å²) < 4.78 is 5.08. The molecule has 0 unspecified atom stereocenters. The molecule has 2 heterocycles. The summed E-state index contributed by atoms with van der Waals surface area (Å²) in [5, 5.41) is 11.3. The number of pyridine rings is 1. The van der Waals surface area contributed by atoms with Crippen molar-refractivity contribution in [3.05, 3.63) is 41.4 Å². The quantitative estimate of drug-likeness (QED) is 0.341. The van der Waals surface area contributed by atoms with E-state index in [0.717, 1.165) is 18.0 Å². The van der Waals surface area contributed by atoms with Crippen LogP contribution in [0.5, 0.6) is 0 Å². The fraction of sp³-hybridized carbons (Fsp3) is 0.550. The third-order valence-electron chi connectivity index (χ3n) is 4.75. The number of nitrogens with one attached hydrogen (secondary N) is 2. The van der Waals surface area contributed by atoms with Crippen LogP contribution in [0.3, 0.4) is 0 Å². The molecule has 2 aromatic rings. The van der Waals surface area contributed by atoms with E-state index in [1.54, 1.807) is 12.3 Å². The number of nitrogens with zero attached hydrogens (tertiary/aromatic N) is 2. The minimum Gasteiger partial charge on any atom is -0.361 e. The molecule has 0 aromatic carbocycles. The number of hydrogen-bond acceptors (Lipinski definition) is 6. The molecule has 6 nitrogen and oxygen atoms in total. The van der Waals surface area contributed by atoms with Crippen molar-refractivity contribution in [2.24, 2.45) is 0 Å². The van der Waals surface area contributed by atoms with Crippen LogP contribution in [-0.2, 0) is 5.75 Å². The van der Waals surface area contributed by atoms with E-state index in [4.69, 9.17) is 4.52 Å². The second-order valence-corrected chi connectivity index (χ2v) is 7.94. The lowest BCUT2D eigenvalue weighted by Crippen LogP contribution is -2.37. The number of thioether (sulfide) groups is 1. The third-order valence-corrected chi connectivity index (χ3v) is 5.79. The van der Waals surface area contributed by atoms with Crippen LogP contribution >= 0.6 is 36.6 Å². The van der Waals surface area contributed by atoms with Crippen molar-refractivity contribution in [3.8, 4) is 0 Å². The molecule has 0 saturated heterocycles. The number of aromatic nitrogens is 2. The van der Waals surface area contributed by atoms with Crippen LogP contribution in [0.25, 0.3) is 0 Å².